The molecule has 1 fully saturated rings. The van der Waals surface area contributed by atoms with E-state index in [1.165, 1.54) is 22.9 Å². The van der Waals surface area contributed by atoms with Gasteiger partial charge in [-0.1, -0.05) is 34.1 Å². The van der Waals surface area contributed by atoms with E-state index in [0.29, 0.717) is 18.5 Å². The number of benzene rings is 1. The molecule has 0 aromatic heterocycles. The van der Waals surface area contributed by atoms with Crippen LogP contribution in [0.5, 0.6) is 0 Å². The molecular weight excluding hydrogens is 292 g/mol. The van der Waals surface area contributed by atoms with E-state index in [1.807, 2.05) is 0 Å². The Balaban J connectivity index is 1.68. The van der Waals surface area contributed by atoms with Gasteiger partial charge in [0.2, 0.25) is 5.91 Å². The highest BCUT2D eigenvalue weighted by Crippen LogP contribution is 2.39. The molecule has 1 aromatic rings. The third kappa shape index (κ3) is 3.56. The number of carbonyl (C=O) groups is 1. The zero-order valence-electron chi connectivity index (χ0n) is 10.6. The van der Waals surface area contributed by atoms with E-state index < -0.39 is 0 Å². The molecular formula is C14H19BrN2O. The van der Waals surface area contributed by atoms with Crippen molar-refractivity contribution in [1.82, 2.24) is 10.6 Å². The molecule has 98 valence electrons. The Morgan fingerprint density at radius 3 is 2.72 bits per heavy atom. The van der Waals surface area contributed by atoms with Crippen molar-refractivity contribution in [3.63, 3.8) is 0 Å². The zero-order chi connectivity index (χ0) is 13.0. The van der Waals surface area contributed by atoms with Crippen molar-refractivity contribution in [2.75, 3.05) is 13.1 Å². The van der Waals surface area contributed by atoms with Crippen LogP contribution in [0.1, 0.15) is 31.2 Å². The number of hydrogen-bond donors (Lipinski definition) is 2. The lowest BCUT2D eigenvalue weighted by Gasteiger charge is -2.37. The van der Waals surface area contributed by atoms with Crippen LogP contribution in [0.3, 0.4) is 0 Å². The summed E-state index contributed by atoms with van der Waals surface area (Å²) in [5.74, 6) is 0.704. The maximum Gasteiger partial charge on any atom is 0.216 e. The van der Waals surface area contributed by atoms with Gasteiger partial charge < -0.3 is 10.6 Å². The zero-order valence-corrected chi connectivity index (χ0v) is 12.2. The van der Waals surface area contributed by atoms with Crippen LogP contribution in [0.15, 0.2) is 28.7 Å². The summed E-state index contributed by atoms with van der Waals surface area (Å²) in [5.41, 5.74) is 1.41. The summed E-state index contributed by atoms with van der Waals surface area (Å²) in [6.07, 6.45) is 2.37. The number of halogens is 1. The first-order valence-electron chi connectivity index (χ1n) is 6.39. The van der Waals surface area contributed by atoms with E-state index in [9.17, 15) is 4.79 Å². The predicted molar refractivity (Wildman–Crippen MR) is 76.6 cm³/mol. The smallest absolute Gasteiger partial charge is 0.216 e. The lowest BCUT2D eigenvalue weighted by atomic mass is 9.76. The van der Waals surface area contributed by atoms with Gasteiger partial charge in [-0.15, -0.1) is 0 Å². The molecule has 0 saturated heterocycles. The Bertz CT molecular complexity index is 416. The first-order valence-corrected chi connectivity index (χ1v) is 7.18. The molecule has 2 N–H and O–H groups in total. The minimum absolute atomic E-state index is 0.0384. The molecule has 0 heterocycles. The molecule has 0 unspecified atom stereocenters. The van der Waals surface area contributed by atoms with Gasteiger partial charge >= 0.3 is 0 Å². The number of nitrogens with one attached hydrogen (secondary N) is 2. The van der Waals surface area contributed by atoms with Gasteiger partial charge in [0.1, 0.15) is 0 Å². The van der Waals surface area contributed by atoms with E-state index in [2.05, 4.69) is 50.8 Å². The molecule has 1 saturated carbocycles. The van der Waals surface area contributed by atoms with E-state index in [4.69, 9.17) is 0 Å². The fourth-order valence-electron chi connectivity index (χ4n) is 2.36. The van der Waals surface area contributed by atoms with Gasteiger partial charge in [-0.3, -0.25) is 4.79 Å². The van der Waals surface area contributed by atoms with Crippen molar-refractivity contribution in [3.05, 3.63) is 34.3 Å². The van der Waals surface area contributed by atoms with Crippen LogP contribution in [0, 0.1) is 0 Å². The Hall–Kier alpha value is -0.870. The van der Waals surface area contributed by atoms with E-state index in [1.54, 1.807) is 6.92 Å². The van der Waals surface area contributed by atoms with Crippen LogP contribution in [-0.4, -0.2) is 25.0 Å². The molecule has 1 aromatic carbocycles. The summed E-state index contributed by atoms with van der Waals surface area (Å²) in [5, 5.41) is 6.26. The number of hydrogen-bond acceptors (Lipinski definition) is 2. The molecule has 0 aliphatic heterocycles. The highest BCUT2D eigenvalue weighted by Gasteiger charge is 2.30. The second-order valence-electron chi connectivity index (χ2n) is 4.82. The predicted octanol–water partition coefficient (Wildman–Crippen LogP) is 2.42. The third-order valence-corrected chi connectivity index (χ3v) is 4.14. The Kier molecular flexibility index (Phi) is 4.78. The monoisotopic (exact) mass is 310 g/mol. The standard InChI is InChI=1S/C14H19BrN2O/c1-10(18)16-6-7-17-12-8-11(9-12)13-4-2-3-5-14(13)15/h2-5,11-12,17H,6-9H2,1H3,(H,16,18). The highest BCUT2D eigenvalue weighted by molar-refractivity contribution is 9.10. The number of carbonyl (C=O) groups excluding carboxylic acids is 1. The van der Waals surface area contributed by atoms with Crippen LogP contribution < -0.4 is 10.6 Å². The molecule has 0 spiro atoms. The average Bonchev–Trinajstić information content (AvgIpc) is 2.28. The lowest BCUT2D eigenvalue weighted by molar-refractivity contribution is -0.118. The van der Waals surface area contributed by atoms with Gasteiger partial charge in [-0.2, -0.15) is 0 Å². The SMILES string of the molecule is CC(=O)NCCNC1CC(c2ccccc2Br)C1. The van der Waals surface area contributed by atoms with Gasteiger partial charge in [-0.05, 0) is 30.4 Å². The van der Waals surface area contributed by atoms with Crippen molar-refractivity contribution < 1.29 is 4.79 Å². The molecule has 3 nitrogen and oxygen atoms in total. The number of rotatable bonds is 5. The Morgan fingerprint density at radius 1 is 1.33 bits per heavy atom. The van der Waals surface area contributed by atoms with Crippen LogP contribution in [0.2, 0.25) is 0 Å². The summed E-state index contributed by atoms with van der Waals surface area (Å²) in [6.45, 7) is 3.12. The molecule has 4 heteroatoms. The first kappa shape index (κ1) is 13.6. The van der Waals surface area contributed by atoms with Crippen LogP contribution in [0.25, 0.3) is 0 Å². The largest absolute Gasteiger partial charge is 0.355 e. The van der Waals surface area contributed by atoms with Gasteiger partial charge in [0.15, 0.2) is 0 Å². The van der Waals surface area contributed by atoms with Crippen molar-refractivity contribution >= 4 is 21.8 Å². The highest BCUT2D eigenvalue weighted by atomic mass is 79.9. The Labute approximate surface area is 116 Å². The number of amides is 1. The van der Waals surface area contributed by atoms with E-state index in [-0.39, 0.29) is 5.91 Å². The van der Waals surface area contributed by atoms with Crippen molar-refractivity contribution in [2.45, 2.75) is 31.7 Å². The van der Waals surface area contributed by atoms with Crippen molar-refractivity contribution in [1.29, 1.82) is 0 Å². The Morgan fingerprint density at radius 2 is 2.06 bits per heavy atom. The maximum atomic E-state index is 10.7. The lowest BCUT2D eigenvalue weighted by Crippen LogP contribution is -2.43. The average molecular weight is 311 g/mol. The molecule has 1 amide bonds. The van der Waals surface area contributed by atoms with Crippen LogP contribution in [0.4, 0.5) is 0 Å². The fraction of sp³-hybridized carbons (Fsp3) is 0.500. The van der Waals surface area contributed by atoms with Crippen LogP contribution in [-0.2, 0) is 4.79 Å². The normalized spacial score (nSPS) is 22.3. The second kappa shape index (κ2) is 6.34. The molecule has 2 rings (SSSR count). The topological polar surface area (TPSA) is 41.1 Å². The first-order chi connectivity index (χ1) is 8.66. The summed E-state index contributed by atoms with van der Waals surface area (Å²) in [4.78, 5) is 10.7. The van der Waals surface area contributed by atoms with Gasteiger partial charge in [0, 0.05) is 30.5 Å². The maximum absolute atomic E-state index is 10.7. The summed E-state index contributed by atoms with van der Waals surface area (Å²) in [6, 6.07) is 9.04. The quantitative estimate of drug-likeness (QED) is 0.820. The minimum Gasteiger partial charge on any atom is -0.355 e. The molecule has 0 bridgehead atoms. The van der Waals surface area contributed by atoms with Crippen molar-refractivity contribution in [3.8, 4) is 0 Å². The van der Waals surface area contributed by atoms with Gasteiger partial charge in [-0.25, -0.2) is 0 Å². The summed E-state index contributed by atoms with van der Waals surface area (Å²) < 4.78 is 1.21. The second-order valence-corrected chi connectivity index (χ2v) is 5.68. The van der Waals surface area contributed by atoms with Gasteiger partial charge in [0.05, 0.1) is 0 Å². The third-order valence-electron chi connectivity index (χ3n) is 3.42. The molecule has 1 aliphatic carbocycles. The molecule has 0 atom stereocenters. The minimum atomic E-state index is 0.0384. The van der Waals surface area contributed by atoms with Crippen molar-refractivity contribution in [2.24, 2.45) is 0 Å². The van der Waals surface area contributed by atoms with Crippen LogP contribution >= 0.6 is 15.9 Å². The fourth-order valence-corrected chi connectivity index (χ4v) is 2.97. The van der Waals surface area contributed by atoms with E-state index >= 15 is 0 Å². The van der Waals surface area contributed by atoms with E-state index in [0.717, 1.165) is 6.54 Å². The summed E-state index contributed by atoms with van der Waals surface area (Å²) >= 11 is 3.60. The molecule has 1 aliphatic rings. The molecule has 18 heavy (non-hydrogen) atoms. The summed E-state index contributed by atoms with van der Waals surface area (Å²) in [7, 11) is 0. The van der Waals surface area contributed by atoms with Gasteiger partial charge in [0.25, 0.3) is 0 Å². The molecule has 0 radical (unpaired) electrons.